The van der Waals surface area contributed by atoms with Gasteiger partial charge in [-0.2, -0.15) is 0 Å². The van der Waals surface area contributed by atoms with Crippen molar-refractivity contribution in [2.75, 3.05) is 18.0 Å². The molecule has 1 aromatic heterocycles. The Morgan fingerprint density at radius 3 is 3.14 bits per heavy atom. The van der Waals surface area contributed by atoms with Crippen molar-refractivity contribution in [1.82, 2.24) is 4.98 Å². The molecule has 14 heavy (non-hydrogen) atoms. The number of thiazole rings is 1. The van der Waals surface area contributed by atoms with Gasteiger partial charge in [-0.05, 0) is 32.2 Å². The van der Waals surface area contributed by atoms with E-state index in [1.54, 1.807) is 11.3 Å². The minimum atomic E-state index is 0.615. The average Bonchev–Trinajstić information content (AvgIpc) is 2.71. The third kappa shape index (κ3) is 1.91. The fourth-order valence-electron chi connectivity index (χ4n) is 2.00. The maximum absolute atomic E-state index is 5.72. The highest BCUT2D eigenvalue weighted by molar-refractivity contribution is 7.13. The number of anilines is 1. The average molecular weight is 211 g/mol. The van der Waals surface area contributed by atoms with E-state index >= 15 is 0 Å². The Morgan fingerprint density at radius 1 is 1.64 bits per heavy atom. The molecule has 0 radical (unpaired) electrons. The van der Waals surface area contributed by atoms with Crippen molar-refractivity contribution < 1.29 is 0 Å². The van der Waals surface area contributed by atoms with Gasteiger partial charge in [-0.25, -0.2) is 4.98 Å². The van der Waals surface area contributed by atoms with Crippen LogP contribution in [0, 0.1) is 5.92 Å². The van der Waals surface area contributed by atoms with Crippen LogP contribution in [0.25, 0.3) is 0 Å². The molecular weight excluding hydrogens is 194 g/mol. The first kappa shape index (κ1) is 9.93. The normalized spacial score (nSPS) is 28.0. The van der Waals surface area contributed by atoms with Gasteiger partial charge in [0.2, 0.25) is 0 Å². The number of hydrogen-bond donors (Lipinski definition) is 1. The predicted octanol–water partition coefficient (Wildman–Crippen LogP) is 1.71. The Hall–Kier alpha value is -0.610. The molecule has 0 spiro atoms. The van der Waals surface area contributed by atoms with Crippen LogP contribution in [-0.2, 0) is 0 Å². The molecule has 2 heterocycles. The summed E-state index contributed by atoms with van der Waals surface area (Å²) in [6, 6.07) is 0.615. The molecule has 0 saturated carbocycles. The smallest absolute Gasteiger partial charge is 0.185 e. The Bertz CT molecular complexity index is 273. The first-order valence-electron chi connectivity index (χ1n) is 5.17. The zero-order valence-electron chi connectivity index (χ0n) is 8.52. The molecule has 1 aliphatic heterocycles. The molecule has 1 aliphatic rings. The van der Waals surface area contributed by atoms with Crippen LogP contribution < -0.4 is 10.6 Å². The highest BCUT2D eigenvalue weighted by Gasteiger charge is 2.25. The Balaban J connectivity index is 2.09. The van der Waals surface area contributed by atoms with Gasteiger partial charge in [0.15, 0.2) is 5.13 Å². The summed E-state index contributed by atoms with van der Waals surface area (Å²) in [6.07, 6.45) is 4.37. The zero-order valence-corrected chi connectivity index (χ0v) is 9.33. The van der Waals surface area contributed by atoms with Crippen LogP contribution in [-0.4, -0.2) is 24.1 Å². The van der Waals surface area contributed by atoms with Crippen LogP contribution in [0.1, 0.15) is 19.8 Å². The van der Waals surface area contributed by atoms with E-state index in [0.717, 1.165) is 18.2 Å². The van der Waals surface area contributed by atoms with Gasteiger partial charge in [-0.1, -0.05) is 0 Å². The molecule has 1 aromatic rings. The first-order chi connectivity index (χ1) is 6.81. The molecule has 1 saturated heterocycles. The van der Waals surface area contributed by atoms with Gasteiger partial charge in [-0.3, -0.25) is 0 Å². The highest BCUT2D eigenvalue weighted by atomic mass is 32.1. The maximum atomic E-state index is 5.72. The van der Waals surface area contributed by atoms with E-state index in [4.69, 9.17) is 5.73 Å². The Morgan fingerprint density at radius 2 is 2.50 bits per heavy atom. The molecule has 2 N–H and O–H groups in total. The second-order valence-corrected chi connectivity index (χ2v) is 4.87. The quantitative estimate of drug-likeness (QED) is 0.809. The summed E-state index contributed by atoms with van der Waals surface area (Å²) in [5.74, 6) is 0.648. The van der Waals surface area contributed by atoms with Crippen LogP contribution in [0.2, 0.25) is 0 Å². The lowest BCUT2D eigenvalue weighted by Crippen LogP contribution is -2.43. The van der Waals surface area contributed by atoms with Gasteiger partial charge in [-0.15, -0.1) is 11.3 Å². The standard InChI is InChI=1S/C10H17N3S/c1-8-2-3-9(6-11)7-13(8)10-12-4-5-14-10/h4-5,8-9H,2-3,6-7,11H2,1H3. The van der Waals surface area contributed by atoms with E-state index in [0.29, 0.717) is 12.0 Å². The lowest BCUT2D eigenvalue weighted by Gasteiger charge is -2.37. The molecule has 0 aliphatic carbocycles. The van der Waals surface area contributed by atoms with Crippen molar-refractivity contribution in [3.8, 4) is 0 Å². The summed E-state index contributed by atoms with van der Waals surface area (Å²) >= 11 is 1.72. The number of nitrogens with two attached hydrogens (primary N) is 1. The summed E-state index contributed by atoms with van der Waals surface area (Å²) in [4.78, 5) is 6.76. The van der Waals surface area contributed by atoms with E-state index in [1.165, 1.54) is 12.8 Å². The molecule has 78 valence electrons. The van der Waals surface area contributed by atoms with Crippen molar-refractivity contribution >= 4 is 16.5 Å². The molecule has 0 bridgehead atoms. The van der Waals surface area contributed by atoms with Gasteiger partial charge in [0.25, 0.3) is 0 Å². The first-order valence-corrected chi connectivity index (χ1v) is 6.05. The fraction of sp³-hybridized carbons (Fsp3) is 0.700. The molecule has 4 heteroatoms. The fourth-order valence-corrected chi connectivity index (χ4v) is 2.75. The van der Waals surface area contributed by atoms with Crippen molar-refractivity contribution in [3.05, 3.63) is 11.6 Å². The summed E-state index contributed by atoms with van der Waals surface area (Å²) in [5, 5.41) is 3.18. The van der Waals surface area contributed by atoms with E-state index < -0.39 is 0 Å². The van der Waals surface area contributed by atoms with Crippen LogP contribution in [0.5, 0.6) is 0 Å². The summed E-state index contributed by atoms with van der Waals surface area (Å²) in [7, 11) is 0. The topological polar surface area (TPSA) is 42.1 Å². The predicted molar refractivity (Wildman–Crippen MR) is 60.7 cm³/mol. The lowest BCUT2D eigenvalue weighted by molar-refractivity contribution is 0.373. The summed E-state index contributed by atoms with van der Waals surface area (Å²) < 4.78 is 0. The van der Waals surface area contributed by atoms with Gasteiger partial charge in [0.1, 0.15) is 0 Å². The largest absolute Gasteiger partial charge is 0.345 e. The lowest BCUT2D eigenvalue weighted by atomic mass is 9.94. The number of hydrogen-bond acceptors (Lipinski definition) is 4. The molecule has 0 aromatic carbocycles. The molecule has 3 nitrogen and oxygen atoms in total. The summed E-state index contributed by atoms with van der Waals surface area (Å²) in [6.45, 7) is 4.15. The van der Waals surface area contributed by atoms with E-state index in [9.17, 15) is 0 Å². The molecule has 1 fully saturated rings. The van der Waals surface area contributed by atoms with Gasteiger partial charge >= 0.3 is 0 Å². The SMILES string of the molecule is CC1CCC(CN)CN1c1nccs1. The van der Waals surface area contributed by atoms with E-state index in [-0.39, 0.29) is 0 Å². The van der Waals surface area contributed by atoms with Crippen LogP contribution in [0.4, 0.5) is 5.13 Å². The summed E-state index contributed by atoms with van der Waals surface area (Å²) in [5.41, 5.74) is 5.72. The minimum Gasteiger partial charge on any atom is -0.345 e. The van der Waals surface area contributed by atoms with Crippen molar-refractivity contribution in [3.63, 3.8) is 0 Å². The third-order valence-electron chi connectivity index (χ3n) is 2.98. The second kappa shape index (κ2) is 4.28. The van der Waals surface area contributed by atoms with Gasteiger partial charge in [0, 0.05) is 24.2 Å². The number of aromatic nitrogens is 1. The van der Waals surface area contributed by atoms with E-state index in [1.807, 2.05) is 11.6 Å². The maximum Gasteiger partial charge on any atom is 0.185 e. The van der Waals surface area contributed by atoms with Crippen molar-refractivity contribution in [2.24, 2.45) is 11.7 Å². The molecule has 2 unspecified atom stereocenters. The molecular formula is C10H17N3S. The molecule has 2 rings (SSSR count). The van der Waals surface area contributed by atoms with Crippen LogP contribution >= 0.6 is 11.3 Å². The highest BCUT2D eigenvalue weighted by Crippen LogP contribution is 2.28. The zero-order chi connectivity index (χ0) is 9.97. The minimum absolute atomic E-state index is 0.615. The molecule has 2 atom stereocenters. The third-order valence-corrected chi connectivity index (χ3v) is 3.79. The van der Waals surface area contributed by atoms with E-state index in [2.05, 4.69) is 16.8 Å². The second-order valence-electron chi connectivity index (χ2n) is 4.00. The number of nitrogens with zero attached hydrogens (tertiary/aromatic N) is 2. The van der Waals surface area contributed by atoms with Crippen LogP contribution in [0.15, 0.2) is 11.6 Å². The monoisotopic (exact) mass is 211 g/mol. The van der Waals surface area contributed by atoms with Crippen molar-refractivity contribution in [1.29, 1.82) is 0 Å². The number of piperidine rings is 1. The number of rotatable bonds is 2. The Kier molecular flexibility index (Phi) is 3.03. The molecule has 0 amide bonds. The Labute approximate surface area is 88.9 Å². The van der Waals surface area contributed by atoms with Gasteiger partial charge in [0.05, 0.1) is 0 Å². The van der Waals surface area contributed by atoms with Crippen molar-refractivity contribution in [2.45, 2.75) is 25.8 Å². The van der Waals surface area contributed by atoms with Crippen LogP contribution in [0.3, 0.4) is 0 Å². The van der Waals surface area contributed by atoms with Gasteiger partial charge < -0.3 is 10.6 Å².